The van der Waals surface area contributed by atoms with E-state index in [9.17, 15) is 9.90 Å². The number of nitrogens with zero attached hydrogens (tertiary/aromatic N) is 1. The Morgan fingerprint density at radius 2 is 1.82 bits per heavy atom. The lowest BCUT2D eigenvalue weighted by atomic mass is 10.1. The van der Waals surface area contributed by atoms with Crippen molar-refractivity contribution in [3.8, 4) is 11.3 Å². The maximum atomic E-state index is 10.9. The van der Waals surface area contributed by atoms with Gasteiger partial charge in [0.15, 0.2) is 0 Å². The maximum Gasteiger partial charge on any atom is 0.335 e. The summed E-state index contributed by atoms with van der Waals surface area (Å²) in [4.78, 5) is 13.1. The highest BCUT2D eigenvalue weighted by Gasteiger charge is 2.18. The van der Waals surface area contributed by atoms with Gasteiger partial charge in [0, 0.05) is 18.7 Å². The van der Waals surface area contributed by atoms with Crippen LogP contribution in [0.4, 0.5) is 0 Å². The van der Waals surface area contributed by atoms with Crippen LogP contribution in [0.3, 0.4) is 0 Å². The van der Waals surface area contributed by atoms with Gasteiger partial charge in [-0.2, -0.15) is 0 Å². The molecule has 1 aromatic heterocycles. The minimum atomic E-state index is -0.932. The van der Waals surface area contributed by atoms with Crippen molar-refractivity contribution >= 4 is 5.97 Å². The molecule has 2 aromatic rings. The molecule has 1 aromatic carbocycles. The van der Waals surface area contributed by atoms with Crippen LogP contribution in [-0.2, 0) is 6.54 Å². The van der Waals surface area contributed by atoms with E-state index in [0.29, 0.717) is 0 Å². The van der Waals surface area contributed by atoms with E-state index in [-0.39, 0.29) is 11.7 Å². The summed E-state index contributed by atoms with van der Waals surface area (Å²) < 4.78 is 5.85. The summed E-state index contributed by atoms with van der Waals surface area (Å²) in [5.41, 5.74) is 1.13. The van der Waals surface area contributed by atoms with Gasteiger partial charge < -0.3 is 14.6 Å². The fourth-order valence-corrected chi connectivity index (χ4v) is 2.69. The van der Waals surface area contributed by atoms with Crippen LogP contribution in [0.25, 0.3) is 11.3 Å². The molecule has 5 heteroatoms. The van der Waals surface area contributed by atoms with E-state index in [1.54, 1.807) is 24.3 Å². The van der Waals surface area contributed by atoms with E-state index in [0.717, 1.165) is 49.6 Å². The van der Waals surface area contributed by atoms with Crippen molar-refractivity contribution in [3.05, 3.63) is 47.7 Å². The first kappa shape index (κ1) is 14.8. The molecule has 2 N–H and O–H groups in total. The van der Waals surface area contributed by atoms with Crippen LogP contribution in [0.1, 0.15) is 29.0 Å². The predicted octanol–water partition coefficient (Wildman–Crippen LogP) is 2.60. The third kappa shape index (κ3) is 3.37. The van der Waals surface area contributed by atoms with E-state index in [4.69, 9.17) is 9.52 Å². The molecule has 1 saturated heterocycles. The number of piperidine rings is 1. The molecule has 0 atom stereocenters. The predicted molar refractivity (Wildman–Crippen MR) is 81.6 cm³/mol. The second-order valence-corrected chi connectivity index (χ2v) is 5.66. The van der Waals surface area contributed by atoms with Gasteiger partial charge in [0.25, 0.3) is 0 Å². The van der Waals surface area contributed by atoms with Crippen LogP contribution < -0.4 is 0 Å². The highest BCUT2D eigenvalue weighted by atomic mass is 16.4. The van der Waals surface area contributed by atoms with Crippen LogP contribution in [0, 0.1) is 0 Å². The fourth-order valence-electron chi connectivity index (χ4n) is 2.69. The van der Waals surface area contributed by atoms with Crippen molar-refractivity contribution in [2.24, 2.45) is 0 Å². The molecule has 0 bridgehead atoms. The third-order valence-electron chi connectivity index (χ3n) is 4.01. The Labute approximate surface area is 128 Å². The first-order valence-electron chi connectivity index (χ1n) is 7.44. The van der Waals surface area contributed by atoms with Gasteiger partial charge in [-0.15, -0.1) is 0 Å². The normalized spacial score (nSPS) is 16.8. The first-order valence-corrected chi connectivity index (χ1v) is 7.44. The second kappa shape index (κ2) is 6.34. The molecule has 1 aliphatic rings. The molecular formula is C17H19NO4. The van der Waals surface area contributed by atoms with Crippen LogP contribution in [-0.4, -0.2) is 40.3 Å². The minimum Gasteiger partial charge on any atom is -0.478 e. The number of rotatable bonds is 4. The number of hydrogen-bond acceptors (Lipinski definition) is 4. The van der Waals surface area contributed by atoms with Gasteiger partial charge in [0.05, 0.1) is 18.2 Å². The summed E-state index contributed by atoms with van der Waals surface area (Å²) in [6.45, 7) is 2.49. The highest BCUT2D eigenvalue weighted by Crippen LogP contribution is 2.24. The Morgan fingerprint density at radius 3 is 2.45 bits per heavy atom. The van der Waals surface area contributed by atoms with Gasteiger partial charge in [-0.3, -0.25) is 4.90 Å². The maximum absolute atomic E-state index is 10.9. The Morgan fingerprint density at radius 1 is 1.14 bits per heavy atom. The minimum absolute atomic E-state index is 0.170. The third-order valence-corrected chi connectivity index (χ3v) is 4.01. The molecule has 0 spiro atoms. The van der Waals surface area contributed by atoms with Crippen molar-refractivity contribution in [2.75, 3.05) is 13.1 Å². The lowest BCUT2D eigenvalue weighted by molar-refractivity contribution is 0.0696. The van der Waals surface area contributed by atoms with Crippen molar-refractivity contribution in [1.29, 1.82) is 0 Å². The highest BCUT2D eigenvalue weighted by molar-refractivity contribution is 5.88. The standard InChI is InChI=1S/C17H19NO4/c19-14-7-9-18(10-8-14)11-15-5-6-16(22-15)12-1-3-13(4-2-12)17(20)21/h1-6,14,19H,7-11H2,(H,20,21). The van der Waals surface area contributed by atoms with Gasteiger partial charge in [-0.05, 0) is 37.1 Å². The van der Waals surface area contributed by atoms with Crippen LogP contribution in [0.5, 0.6) is 0 Å². The van der Waals surface area contributed by atoms with Crippen molar-refractivity contribution in [1.82, 2.24) is 4.90 Å². The molecule has 22 heavy (non-hydrogen) atoms. The first-order chi connectivity index (χ1) is 10.6. The van der Waals surface area contributed by atoms with E-state index in [2.05, 4.69) is 4.90 Å². The molecule has 5 nitrogen and oxygen atoms in total. The zero-order valence-electron chi connectivity index (χ0n) is 12.2. The number of carbonyl (C=O) groups is 1. The molecule has 0 amide bonds. The summed E-state index contributed by atoms with van der Waals surface area (Å²) in [7, 11) is 0. The molecule has 2 heterocycles. The number of carboxylic acid groups (broad SMARTS) is 1. The molecule has 3 rings (SSSR count). The number of furan rings is 1. The summed E-state index contributed by atoms with van der Waals surface area (Å²) in [5.74, 6) is 0.691. The zero-order chi connectivity index (χ0) is 15.5. The van der Waals surface area contributed by atoms with E-state index in [1.165, 1.54) is 0 Å². The van der Waals surface area contributed by atoms with Gasteiger partial charge in [0.1, 0.15) is 11.5 Å². The van der Waals surface area contributed by atoms with E-state index in [1.807, 2.05) is 12.1 Å². The topological polar surface area (TPSA) is 73.9 Å². The lowest BCUT2D eigenvalue weighted by Crippen LogP contribution is -2.35. The smallest absolute Gasteiger partial charge is 0.335 e. The van der Waals surface area contributed by atoms with Gasteiger partial charge in [-0.25, -0.2) is 4.79 Å². The summed E-state index contributed by atoms with van der Waals surface area (Å²) >= 11 is 0. The number of hydrogen-bond donors (Lipinski definition) is 2. The lowest BCUT2D eigenvalue weighted by Gasteiger charge is -2.28. The van der Waals surface area contributed by atoms with Crippen molar-refractivity contribution in [2.45, 2.75) is 25.5 Å². The van der Waals surface area contributed by atoms with Gasteiger partial charge in [0.2, 0.25) is 0 Å². The molecule has 0 saturated carbocycles. The molecule has 1 fully saturated rings. The molecule has 116 valence electrons. The van der Waals surface area contributed by atoms with E-state index >= 15 is 0 Å². The zero-order valence-corrected chi connectivity index (χ0v) is 12.2. The number of likely N-dealkylation sites (tertiary alicyclic amines) is 1. The molecular weight excluding hydrogens is 282 g/mol. The van der Waals surface area contributed by atoms with Crippen molar-refractivity contribution in [3.63, 3.8) is 0 Å². The van der Waals surface area contributed by atoms with Crippen LogP contribution in [0.2, 0.25) is 0 Å². The molecule has 0 unspecified atom stereocenters. The molecule has 0 aliphatic carbocycles. The monoisotopic (exact) mass is 301 g/mol. The average Bonchev–Trinajstić information content (AvgIpc) is 2.98. The Hall–Kier alpha value is -2.11. The fraction of sp³-hybridized carbons (Fsp3) is 0.353. The quantitative estimate of drug-likeness (QED) is 0.908. The molecule has 0 radical (unpaired) electrons. The summed E-state index contributed by atoms with van der Waals surface area (Å²) in [6, 6.07) is 10.5. The number of aliphatic hydroxyl groups excluding tert-OH is 1. The molecule has 1 aliphatic heterocycles. The van der Waals surface area contributed by atoms with Gasteiger partial charge in [-0.1, -0.05) is 12.1 Å². The van der Waals surface area contributed by atoms with Crippen LogP contribution in [0.15, 0.2) is 40.8 Å². The average molecular weight is 301 g/mol. The van der Waals surface area contributed by atoms with Crippen molar-refractivity contribution < 1.29 is 19.4 Å². The Kier molecular flexibility index (Phi) is 4.27. The largest absolute Gasteiger partial charge is 0.478 e. The number of aliphatic hydroxyl groups is 1. The summed E-state index contributed by atoms with van der Waals surface area (Å²) in [6.07, 6.45) is 1.45. The van der Waals surface area contributed by atoms with Crippen LogP contribution >= 0.6 is 0 Å². The summed E-state index contributed by atoms with van der Waals surface area (Å²) in [5, 5.41) is 18.4. The van der Waals surface area contributed by atoms with E-state index < -0.39 is 5.97 Å². The van der Waals surface area contributed by atoms with Gasteiger partial charge >= 0.3 is 5.97 Å². The Balaban J connectivity index is 1.66. The Bertz CT molecular complexity index is 639. The number of aromatic carboxylic acids is 1. The number of carboxylic acids is 1. The SMILES string of the molecule is O=C(O)c1ccc(-c2ccc(CN3CCC(O)CC3)o2)cc1. The number of benzene rings is 1. The second-order valence-electron chi connectivity index (χ2n) is 5.66.